The number of benzene rings is 1. The monoisotopic (exact) mass is 237 g/mol. The summed E-state index contributed by atoms with van der Waals surface area (Å²) >= 11 is 0. The van der Waals surface area contributed by atoms with E-state index in [1.165, 1.54) is 12.1 Å². The van der Waals surface area contributed by atoms with Crippen LogP contribution in [0.4, 0.5) is 11.4 Å². The summed E-state index contributed by atoms with van der Waals surface area (Å²) in [5.41, 5.74) is 0.0201. The van der Waals surface area contributed by atoms with Crippen LogP contribution in [0.1, 0.15) is 18.4 Å². The zero-order chi connectivity index (χ0) is 12.4. The molecule has 0 saturated heterocycles. The van der Waals surface area contributed by atoms with Crippen molar-refractivity contribution in [1.82, 2.24) is 5.32 Å². The van der Waals surface area contributed by atoms with Gasteiger partial charge in [0, 0.05) is 24.2 Å². The Morgan fingerprint density at radius 1 is 1.24 bits per heavy atom. The quantitative estimate of drug-likeness (QED) is 0.621. The number of nitro groups is 2. The van der Waals surface area contributed by atoms with Gasteiger partial charge in [0.15, 0.2) is 0 Å². The highest BCUT2D eigenvalue weighted by atomic mass is 16.6. The van der Waals surface area contributed by atoms with Crippen molar-refractivity contribution in [3.63, 3.8) is 0 Å². The van der Waals surface area contributed by atoms with Gasteiger partial charge in [-0.15, -0.1) is 0 Å². The third kappa shape index (κ3) is 2.76. The van der Waals surface area contributed by atoms with Crippen LogP contribution in [-0.4, -0.2) is 15.9 Å². The first-order valence-corrected chi connectivity index (χ1v) is 5.23. The van der Waals surface area contributed by atoms with Gasteiger partial charge in [-0.3, -0.25) is 20.2 Å². The summed E-state index contributed by atoms with van der Waals surface area (Å²) in [5.74, 6) is 0. The number of nitrogens with one attached hydrogen (secondary N) is 1. The molecule has 0 heterocycles. The second kappa shape index (κ2) is 4.46. The summed E-state index contributed by atoms with van der Waals surface area (Å²) in [6.45, 7) is 0.374. The molecule has 0 amide bonds. The van der Waals surface area contributed by atoms with Crippen LogP contribution in [0, 0.1) is 20.2 Å². The van der Waals surface area contributed by atoms with Crippen molar-refractivity contribution in [2.24, 2.45) is 0 Å². The Labute approximate surface area is 96.7 Å². The van der Waals surface area contributed by atoms with Gasteiger partial charge in [-0.1, -0.05) is 0 Å². The summed E-state index contributed by atoms with van der Waals surface area (Å²) in [4.78, 5) is 20.1. The third-order valence-corrected chi connectivity index (χ3v) is 2.63. The van der Waals surface area contributed by atoms with Crippen molar-refractivity contribution in [1.29, 1.82) is 0 Å². The first-order chi connectivity index (χ1) is 8.08. The Morgan fingerprint density at radius 2 is 1.94 bits per heavy atom. The van der Waals surface area contributed by atoms with Crippen molar-refractivity contribution >= 4 is 11.4 Å². The third-order valence-electron chi connectivity index (χ3n) is 2.63. The molecule has 0 bridgehead atoms. The fraction of sp³-hybridized carbons (Fsp3) is 0.400. The molecule has 0 radical (unpaired) electrons. The minimum atomic E-state index is -0.634. The van der Waals surface area contributed by atoms with Gasteiger partial charge in [-0.05, 0) is 18.9 Å². The fourth-order valence-electron chi connectivity index (χ4n) is 1.53. The minimum Gasteiger partial charge on any atom is -0.310 e. The van der Waals surface area contributed by atoms with Crippen LogP contribution in [0.2, 0.25) is 0 Å². The second-order valence-corrected chi connectivity index (χ2v) is 3.98. The molecule has 0 spiro atoms. The lowest BCUT2D eigenvalue weighted by Gasteiger charge is -2.03. The zero-order valence-electron chi connectivity index (χ0n) is 8.96. The molecule has 0 unspecified atom stereocenters. The molecule has 0 aromatic heterocycles. The average molecular weight is 237 g/mol. The lowest BCUT2D eigenvalue weighted by molar-refractivity contribution is -0.394. The van der Waals surface area contributed by atoms with Crippen LogP contribution in [-0.2, 0) is 6.54 Å². The molecule has 7 nitrogen and oxygen atoms in total. The predicted octanol–water partition coefficient (Wildman–Crippen LogP) is 1.75. The molecule has 1 saturated carbocycles. The van der Waals surface area contributed by atoms with Gasteiger partial charge in [0.05, 0.1) is 15.9 Å². The SMILES string of the molecule is O=[N+]([O-])c1ccc(CNC2CC2)c([N+](=O)[O-])c1. The molecule has 90 valence electrons. The van der Waals surface area contributed by atoms with Crippen molar-refractivity contribution < 1.29 is 9.85 Å². The second-order valence-electron chi connectivity index (χ2n) is 3.98. The van der Waals surface area contributed by atoms with Gasteiger partial charge in [0.2, 0.25) is 0 Å². The van der Waals surface area contributed by atoms with Crippen LogP contribution in [0.25, 0.3) is 0 Å². The van der Waals surface area contributed by atoms with E-state index in [0.717, 1.165) is 18.9 Å². The average Bonchev–Trinajstić information content (AvgIpc) is 3.09. The van der Waals surface area contributed by atoms with Gasteiger partial charge in [0.25, 0.3) is 11.4 Å². The molecule has 0 atom stereocenters. The highest BCUT2D eigenvalue weighted by molar-refractivity contribution is 5.49. The van der Waals surface area contributed by atoms with E-state index in [2.05, 4.69) is 5.32 Å². The van der Waals surface area contributed by atoms with Crippen LogP contribution in [0.3, 0.4) is 0 Å². The Kier molecular flexibility index (Phi) is 3.01. The first-order valence-electron chi connectivity index (χ1n) is 5.23. The molecule has 1 aromatic carbocycles. The van der Waals surface area contributed by atoms with Crippen molar-refractivity contribution in [2.75, 3.05) is 0 Å². The van der Waals surface area contributed by atoms with Gasteiger partial charge < -0.3 is 5.32 Å². The molecular weight excluding hydrogens is 226 g/mol. The molecule has 17 heavy (non-hydrogen) atoms. The Balaban J connectivity index is 2.23. The Hall–Kier alpha value is -2.02. The maximum Gasteiger partial charge on any atom is 0.280 e. The van der Waals surface area contributed by atoms with Crippen LogP contribution in [0.5, 0.6) is 0 Å². The standard InChI is InChI=1S/C10H11N3O4/c14-12(15)9-4-1-7(6-11-8-2-3-8)10(5-9)13(16)17/h1,4-5,8,11H,2-3,6H2. The molecule has 0 aliphatic heterocycles. The van der Waals surface area contributed by atoms with Crippen LogP contribution >= 0.6 is 0 Å². The summed E-state index contributed by atoms with van der Waals surface area (Å²) < 4.78 is 0. The highest BCUT2D eigenvalue weighted by Crippen LogP contribution is 2.26. The Morgan fingerprint density at radius 3 is 2.47 bits per heavy atom. The van der Waals surface area contributed by atoms with Gasteiger partial charge in [-0.2, -0.15) is 0 Å². The summed E-state index contributed by atoms with van der Waals surface area (Å²) in [6.07, 6.45) is 2.17. The van der Waals surface area contributed by atoms with E-state index in [0.29, 0.717) is 18.2 Å². The lowest BCUT2D eigenvalue weighted by Crippen LogP contribution is -2.16. The van der Waals surface area contributed by atoms with Crippen molar-refractivity contribution in [2.45, 2.75) is 25.4 Å². The van der Waals surface area contributed by atoms with E-state index >= 15 is 0 Å². The van der Waals surface area contributed by atoms with Crippen molar-refractivity contribution in [3.05, 3.63) is 44.0 Å². The van der Waals surface area contributed by atoms with Gasteiger partial charge in [-0.25, -0.2) is 0 Å². The molecular formula is C10H11N3O4. The highest BCUT2D eigenvalue weighted by Gasteiger charge is 2.23. The maximum atomic E-state index is 10.8. The molecule has 1 fully saturated rings. The number of nitrogens with zero attached hydrogens (tertiary/aromatic N) is 2. The number of rotatable bonds is 5. The molecule has 1 aliphatic rings. The molecule has 2 rings (SSSR count). The normalized spacial score (nSPS) is 14.6. The molecule has 7 heteroatoms. The number of hydrogen-bond acceptors (Lipinski definition) is 5. The van der Waals surface area contributed by atoms with E-state index in [1.54, 1.807) is 0 Å². The van der Waals surface area contributed by atoms with E-state index in [4.69, 9.17) is 0 Å². The molecule has 1 aromatic rings. The number of hydrogen-bond donors (Lipinski definition) is 1. The topological polar surface area (TPSA) is 98.3 Å². The van der Waals surface area contributed by atoms with Gasteiger partial charge >= 0.3 is 0 Å². The first kappa shape index (κ1) is 11.5. The van der Waals surface area contributed by atoms with E-state index < -0.39 is 9.85 Å². The van der Waals surface area contributed by atoms with Crippen LogP contribution < -0.4 is 5.32 Å². The smallest absolute Gasteiger partial charge is 0.280 e. The van der Waals surface area contributed by atoms with E-state index in [9.17, 15) is 20.2 Å². The maximum absolute atomic E-state index is 10.8. The van der Waals surface area contributed by atoms with E-state index in [1.807, 2.05) is 0 Å². The number of non-ortho nitro benzene ring substituents is 1. The molecule has 1 aliphatic carbocycles. The van der Waals surface area contributed by atoms with Crippen molar-refractivity contribution in [3.8, 4) is 0 Å². The number of nitro benzene ring substituents is 2. The van der Waals surface area contributed by atoms with Crippen LogP contribution in [0.15, 0.2) is 18.2 Å². The fourth-order valence-corrected chi connectivity index (χ4v) is 1.53. The largest absolute Gasteiger partial charge is 0.310 e. The summed E-state index contributed by atoms with van der Waals surface area (Å²) in [6, 6.07) is 4.16. The summed E-state index contributed by atoms with van der Waals surface area (Å²) in [7, 11) is 0. The lowest BCUT2D eigenvalue weighted by atomic mass is 10.1. The van der Waals surface area contributed by atoms with Gasteiger partial charge in [0.1, 0.15) is 0 Å². The zero-order valence-corrected chi connectivity index (χ0v) is 8.96. The minimum absolute atomic E-state index is 0.202. The summed E-state index contributed by atoms with van der Waals surface area (Å²) in [5, 5.41) is 24.5. The molecule has 1 N–H and O–H groups in total. The Bertz CT molecular complexity index is 471. The predicted molar refractivity (Wildman–Crippen MR) is 59.6 cm³/mol. The van der Waals surface area contributed by atoms with E-state index in [-0.39, 0.29) is 11.4 Å².